The van der Waals surface area contributed by atoms with Crippen LogP contribution in [0.5, 0.6) is 0 Å². The molecule has 0 saturated carbocycles. The molecule has 1 N–H and O–H groups in total. The minimum Gasteiger partial charge on any atom is -0.357 e. The average molecular weight is 451 g/mol. The number of benzene rings is 2. The zero-order chi connectivity index (χ0) is 22.6. The van der Waals surface area contributed by atoms with Crippen LogP contribution < -0.4 is 14.5 Å². The van der Waals surface area contributed by atoms with Gasteiger partial charge in [-0.15, -0.1) is 0 Å². The Morgan fingerprint density at radius 2 is 1.78 bits per heavy atom. The number of hydrogen-bond acceptors (Lipinski definition) is 5. The van der Waals surface area contributed by atoms with E-state index in [1.54, 1.807) is 42.6 Å². The lowest BCUT2D eigenvalue weighted by Crippen LogP contribution is -2.27. The van der Waals surface area contributed by atoms with Gasteiger partial charge in [0.1, 0.15) is 5.82 Å². The van der Waals surface area contributed by atoms with E-state index >= 15 is 0 Å². The Balaban J connectivity index is 1.43. The Kier molecular flexibility index (Phi) is 6.41. The minimum absolute atomic E-state index is 0.0631. The van der Waals surface area contributed by atoms with E-state index in [4.69, 9.17) is 0 Å². The van der Waals surface area contributed by atoms with Gasteiger partial charge >= 0.3 is 0 Å². The fourth-order valence-corrected chi connectivity index (χ4v) is 4.91. The normalized spacial score (nSPS) is 13.7. The third kappa shape index (κ3) is 4.75. The maximum absolute atomic E-state index is 13.0. The van der Waals surface area contributed by atoms with Crippen molar-refractivity contribution in [3.8, 4) is 0 Å². The number of anilines is 2. The standard InChI is InChI=1S/C24H26N4O3S/c1-27(21-9-3-2-4-10-21)32(30,31)22-11-7-8-20(16-22)24(29)26-18-19-12-13-23(25-17-19)28-14-5-6-15-28/h2-4,7-13,16-17H,5-6,14-15,18H2,1H3,(H,26,29). The molecule has 0 spiro atoms. The molecule has 32 heavy (non-hydrogen) atoms. The zero-order valence-corrected chi connectivity index (χ0v) is 18.8. The molecule has 7 nitrogen and oxygen atoms in total. The van der Waals surface area contributed by atoms with Gasteiger partial charge in [0.25, 0.3) is 15.9 Å². The molecule has 0 aliphatic carbocycles. The number of aromatic nitrogens is 1. The predicted octanol–water partition coefficient (Wildman–Crippen LogP) is 3.44. The highest BCUT2D eigenvalue weighted by Crippen LogP contribution is 2.22. The van der Waals surface area contributed by atoms with Crippen molar-refractivity contribution in [3.05, 3.63) is 84.1 Å². The Labute approximate surface area is 188 Å². The van der Waals surface area contributed by atoms with Crippen LogP contribution in [0.1, 0.15) is 28.8 Å². The first-order chi connectivity index (χ1) is 15.4. The largest absolute Gasteiger partial charge is 0.357 e. The number of amides is 1. The topological polar surface area (TPSA) is 82.6 Å². The van der Waals surface area contributed by atoms with Gasteiger partial charge in [0.2, 0.25) is 0 Å². The second-order valence-electron chi connectivity index (χ2n) is 7.74. The molecule has 1 aliphatic rings. The van der Waals surface area contributed by atoms with E-state index < -0.39 is 10.0 Å². The fraction of sp³-hybridized carbons (Fsp3) is 0.250. The van der Waals surface area contributed by atoms with Gasteiger partial charge in [-0.05, 0) is 54.8 Å². The highest BCUT2D eigenvalue weighted by Gasteiger charge is 2.22. The summed E-state index contributed by atoms with van der Waals surface area (Å²) >= 11 is 0. The fourth-order valence-electron chi connectivity index (χ4n) is 3.67. The lowest BCUT2D eigenvalue weighted by Gasteiger charge is -2.19. The highest BCUT2D eigenvalue weighted by atomic mass is 32.2. The summed E-state index contributed by atoms with van der Waals surface area (Å²) in [4.78, 5) is 19.5. The number of para-hydroxylation sites is 1. The molecular weight excluding hydrogens is 424 g/mol. The van der Waals surface area contributed by atoms with Gasteiger partial charge in [-0.1, -0.05) is 30.3 Å². The van der Waals surface area contributed by atoms with Gasteiger partial charge in [0.05, 0.1) is 10.6 Å². The monoisotopic (exact) mass is 450 g/mol. The molecule has 2 aromatic carbocycles. The number of pyridine rings is 1. The second kappa shape index (κ2) is 9.40. The van der Waals surface area contributed by atoms with E-state index in [9.17, 15) is 13.2 Å². The summed E-state index contributed by atoms with van der Waals surface area (Å²) < 4.78 is 27.2. The molecule has 0 unspecified atom stereocenters. The molecule has 1 aromatic heterocycles. The number of carbonyl (C=O) groups excluding carboxylic acids is 1. The third-order valence-corrected chi connectivity index (χ3v) is 7.35. The molecule has 2 heterocycles. The van der Waals surface area contributed by atoms with Crippen LogP contribution in [0.4, 0.5) is 11.5 Å². The molecule has 8 heteroatoms. The second-order valence-corrected chi connectivity index (χ2v) is 9.71. The van der Waals surface area contributed by atoms with E-state index in [1.165, 1.54) is 36.3 Å². The summed E-state index contributed by atoms with van der Waals surface area (Å²) in [5, 5.41) is 2.84. The van der Waals surface area contributed by atoms with Crippen LogP contribution in [-0.2, 0) is 16.6 Å². The SMILES string of the molecule is CN(c1ccccc1)S(=O)(=O)c1cccc(C(=O)NCc2ccc(N3CCCC3)nc2)c1. The molecule has 3 aromatic rings. The van der Waals surface area contributed by atoms with Gasteiger partial charge in [-0.3, -0.25) is 9.10 Å². The molecular formula is C24H26N4O3S. The van der Waals surface area contributed by atoms with Gasteiger partial charge in [-0.25, -0.2) is 13.4 Å². The predicted molar refractivity (Wildman–Crippen MR) is 125 cm³/mol. The minimum atomic E-state index is -3.79. The van der Waals surface area contributed by atoms with Crippen molar-refractivity contribution in [2.24, 2.45) is 0 Å². The quantitative estimate of drug-likeness (QED) is 0.596. The van der Waals surface area contributed by atoms with E-state index in [0.717, 1.165) is 24.5 Å². The Morgan fingerprint density at radius 1 is 1.03 bits per heavy atom. The molecule has 4 rings (SSSR count). The summed E-state index contributed by atoms with van der Waals surface area (Å²) in [5.41, 5.74) is 1.72. The number of nitrogens with one attached hydrogen (secondary N) is 1. The number of nitrogens with zero attached hydrogens (tertiary/aromatic N) is 3. The molecule has 1 fully saturated rings. The van der Waals surface area contributed by atoms with Crippen LogP contribution in [0.25, 0.3) is 0 Å². The van der Waals surface area contributed by atoms with Gasteiger partial charge in [-0.2, -0.15) is 0 Å². The Morgan fingerprint density at radius 3 is 2.47 bits per heavy atom. The zero-order valence-electron chi connectivity index (χ0n) is 17.9. The summed E-state index contributed by atoms with van der Waals surface area (Å²) in [6.45, 7) is 2.37. The van der Waals surface area contributed by atoms with Gasteiger partial charge in [0, 0.05) is 38.4 Å². The molecule has 1 aliphatic heterocycles. The third-order valence-electron chi connectivity index (χ3n) is 5.57. The van der Waals surface area contributed by atoms with Crippen molar-refractivity contribution in [2.75, 3.05) is 29.3 Å². The molecule has 0 radical (unpaired) electrons. The molecule has 0 atom stereocenters. The van der Waals surface area contributed by atoms with Gasteiger partial charge in [0.15, 0.2) is 0 Å². The Bertz CT molecular complexity index is 1180. The van der Waals surface area contributed by atoms with Crippen molar-refractivity contribution in [3.63, 3.8) is 0 Å². The van der Waals surface area contributed by atoms with Crippen molar-refractivity contribution in [1.29, 1.82) is 0 Å². The average Bonchev–Trinajstić information content (AvgIpc) is 3.38. The first kappa shape index (κ1) is 21.8. The number of rotatable bonds is 7. The maximum atomic E-state index is 13.0. The van der Waals surface area contributed by atoms with Crippen LogP contribution in [0.3, 0.4) is 0 Å². The Hall–Kier alpha value is -3.39. The lowest BCUT2D eigenvalue weighted by molar-refractivity contribution is 0.0950. The highest BCUT2D eigenvalue weighted by molar-refractivity contribution is 7.92. The first-order valence-corrected chi connectivity index (χ1v) is 12.0. The smallest absolute Gasteiger partial charge is 0.264 e. The number of sulfonamides is 1. The van der Waals surface area contributed by atoms with E-state index in [2.05, 4.69) is 15.2 Å². The molecule has 166 valence electrons. The summed E-state index contributed by atoms with van der Waals surface area (Å²) in [7, 11) is -2.29. The molecule has 0 bridgehead atoms. The van der Waals surface area contributed by atoms with Crippen LogP contribution in [0.15, 0.2) is 77.8 Å². The van der Waals surface area contributed by atoms with Crippen molar-refractivity contribution in [1.82, 2.24) is 10.3 Å². The van der Waals surface area contributed by atoms with Crippen LogP contribution in [0.2, 0.25) is 0 Å². The maximum Gasteiger partial charge on any atom is 0.264 e. The van der Waals surface area contributed by atoms with E-state index in [-0.39, 0.29) is 16.4 Å². The van der Waals surface area contributed by atoms with E-state index in [1.807, 2.05) is 18.2 Å². The number of carbonyl (C=O) groups is 1. The van der Waals surface area contributed by atoms with Crippen molar-refractivity contribution >= 4 is 27.4 Å². The van der Waals surface area contributed by atoms with Crippen LogP contribution >= 0.6 is 0 Å². The first-order valence-electron chi connectivity index (χ1n) is 10.6. The lowest BCUT2D eigenvalue weighted by atomic mass is 10.2. The summed E-state index contributed by atoms with van der Waals surface area (Å²) in [6, 6.07) is 18.8. The van der Waals surface area contributed by atoms with E-state index in [0.29, 0.717) is 12.2 Å². The summed E-state index contributed by atoms with van der Waals surface area (Å²) in [5.74, 6) is 0.617. The van der Waals surface area contributed by atoms with Crippen LogP contribution in [0, 0.1) is 0 Å². The van der Waals surface area contributed by atoms with Gasteiger partial charge < -0.3 is 10.2 Å². The molecule has 1 saturated heterocycles. The molecule has 1 amide bonds. The summed E-state index contributed by atoms with van der Waals surface area (Å²) in [6.07, 6.45) is 4.15. The van der Waals surface area contributed by atoms with Crippen molar-refractivity contribution < 1.29 is 13.2 Å². The van der Waals surface area contributed by atoms with Crippen LogP contribution in [-0.4, -0.2) is 39.4 Å². The van der Waals surface area contributed by atoms with Crippen molar-refractivity contribution in [2.45, 2.75) is 24.3 Å². The number of hydrogen-bond donors (Lipinski definition) is 1.